The van der Waals surface area contributed by atoms with Gasteiger partial charge >= 0.3 is 6.09 Å². The van der Waals surface area contributed by atoms with Crippen molar-refractivity contribution in [3.63, 3.8) is 0 Å². The number of carbonyl (C=O) groups is 1. The third-order valence-corrected chi connectivity index (χ3v) is 6.71. The molecule has 1 aliphatic carbocycles. The van der Waals surface area contributed by atoms with E-state index in [0.29, 0.717) is 5.92 Å². The highest BCUT2D eigenvalue weighted by atomic mass is 79.9. The molecular formula is C23H26BrN3O2. The standard InChI is InChI=1S/C23H26BrN3O2/c1-23(2,3)29-22(28)27-16-8-4-13(5-9-16)20(27)21-25-18-11-6-14-12-15(24)7-10-17(14)19(18)26-21/h6-7,10-13,16,20H,4-5,8-9H2,1-3H3,(H,25,26)/t13?,16?,20-/m0/s1. The molecule has 3 fully saturated rings. The Hall–Kier alpha value is -2.08. The predicted molar refractivity (Wildman–Crippen MR) is 118 cm³/mol. The Morgan fingerprint density at radius 1 is 1.17 bits per heavy atom. The van der Waals surface area contributed by atoms with Crippen LogP contribution in [0, 0.1) is 5.92 Å². The monoisotopic (exact) mass is 455 g/mol. The van der Waals surface area contributed by atoms with Crippen molar-refractivity contribution in [2.24, 2.45) is 5.92 Å². The molecule has 1 aromatic heterocycles. The van der Waals surface area contributed by atoms with Crippen molar-refractivity contribution in [2.45, 2.75) is 64.1 Å². The van der Waals surface area contributed by atoms with E-state index in [1.54, 1.807) is 0 Å². The highest BCUT2D eigenvalue weighted by Gasteiger charge is 2.47. The molecule has 3 aromatic rings. The lowest BCUT2D eigenvalue weighted by molar-refractivity contribution is -0.0439. The van der Waals surface area contributed by atoms with Gasteiger partial charge in [0.05, 0.1) is 17.1 Å². The fraction of sp³-hybridized carbons (Fsp3) is 0.478. The van der Waals surface area contributed by atoms with E-state index in [4.69, 9.17) is 9.72 Å². The number of nitrogens with zero attached hydrogens (tertiary/aromatic N) is 2. The van der Waals surface area contributed by atoms with Crippen molar-refractivity contribution in [3.8, 4) is 0 Å². The SMILES string of the molecule is CC(C)(C)OC(=O)N1C2CCC(CC2)[C@H]1c1nc2ccc3cc(Br)ccc3c2[nH]1. The maximum Gasteiger partial charge on any atom is 0.411 e. The van der Waals surface area contributed by atoms with E-state index in [0.717, 1.165) is 57.8 Å². The topological polar surface area (TPSA) is 58.2 Å². The molecule has 5 nitrogen and oxygen atoms in total. The molecule has 152 valence electrons. The number of amides is 1. The maximum atomic E-state index is 13.1. The number of piperidine rings is 2. The highest BCUT2D eigenvalue weighted by molar-refractivity contribution is 9.10. The average molecular weight is 456 g/mol. The molecule has 0 radical (unpaired) electrons. The smallest absolute Gasteiger partial charge is 0.411 e. The van der Waals surface area contributed by atoms with Crippen LogP contribution < -0.4 is 0 Å². The van der Waals surface area contributed by atoms with Crippen LogP contribution in [0.25, 0.3) is 21.8 Å². The van der Waals surface area contributed by atoms with Gasteiger partial charge in [-0.15, -0.1) is 0 Å². The third-order valence-electron chi connectivity index (χ3n) is 6.22. The zero-order valence-corrected chi connectivity index (χ0v) is 18.6. The van der Waals surface area contributed by atoms with Crippen LogP contribution in [0.4, 0.5) is 4.79 Å². The van der Waals surface area contributed by atoms with Gasteiger partial charge in [-0.2, -0.15) is 0 Å². The number of hydrogen-bond acceptors (Lipinski definition) is 3. The number of halogens is 1. The van der Waals surface area contributed by atoms with Gasteiger partial charge in [-0.3, -0.25) is 4.90 Å². The van der Waals surface area contributed by atoms with Gasteiger partial charge in [-0.05, 0) is 76.0 Å². The number of H-pyrrole nitrogens is 1. The quantitative estimate of drug-likeness (QED) is 0.466. The first kappa shape index (κ1) is 18.9. The zero-order valence-electron chi connectivity index (χ0n) is 17.0. The van der Waals surface area contributed by atoms with Gasteiger partial charge in [0.25, 0.3) is 0 Å². The van der Waals surface area contributed by atoms with E-state index in [1.165, 1.54) is 0 Å². The molecule has 3 heterocycles. The first-order valence-corrected chi connectivity index (χ1v) is 11.2. The lowest BCUT2D eigenvalue weighted by Gasteiger charge is -2.50. The number of ether oxygens (including phenoxy) is 1. The van der Waals surface area contributed by atoms with Gasteiger partial charge in [-0.1, -0.05) is 28.1 Å². The number of carbonyl (C=O) groups excluding carboxylic acids is 1. The van der Waals surface area contributed by atoms with Crippen LogP contribution in [-0.4, -0.2) is 32.6 Å². The number of imidazole rings is 1. The van der Waals surface area contributed by atoms with Crippen LogP contribution in [0.3, 0.4) is 0 Å². The Labute approximate surface area is 178 Å². The van der Waals surface area contributed by atoms with Gasteiger partial charge in [-0.25, -0.2) is 9.78 Å². The van der Waals surface area contributed by atoms with Gasteiger partial charge in [0.15, 0.2) is 0 Å². The number of hydrogen-bond donors (Lipinski definition) is 1. The average Bonchev–Trinajstić information content (AvgIpc) is 3.11. The molecule has 2 aliphatic heterocycles. The third kappa shape index (κ3) is 3.31. The van der Waals surface area contributed by atoms with Gasteiger partial charge in [0.1, 0.15) is 11.4 Å². The minimum absolute atomic E-state index is 0.0461. The molecule has 29 heavy (non-hydrogen) atoms. The molecule has 1 saturated carbocycles. The Kier molecular flexibility index (Phi) is 4.39. The van der Waals surface area contributed by atoms with Crippen LogP contribution in [-0.2, 0) is 4.74 Å². The number of fused-ring (bicyclic) bond motifs is 6. The highest BCUT2D eigenvalue weighted by Crippen LogP contribution is 2.47. The van der Waals surface area contributed by atoms with Crippen molar-refractivity contribution in [1.82, 2.24) is 14.9 Å². The minimum Gasteiger partial charge on any atom is -0.444 e. The lowest BCUT2D eigenvalue weighted by Crippen LogP contribution is -2.54. The van der Waals surface area contributed by atoms with E-state index < -0.39 is 5.60 Å². The van der Waals surface area contributed by atoms with E-state index in [9.17, 15) is 4.79 Å². The number of aromatic nitrogens is 2. The molecule has 3 aliphatic rings. The number of benzene rings is 2. The summed E-state index contributed by atoms with van der Waals surface area (Å²) in [7, 11) is 0. The predicted octanol–water partition coefficient (Wildman–Crippen LogP) is 6.33. The van der Waals surface area contributed by atoms with Crippen molar-refractivity contribution >= 4 is 43.8 Å². The van der Waals surface area contributed by atoms with E-state index >= 15 is 0 Å². The largest absolute Gasteiger partial charge is 0.444 e. The Balaban J connectivity index is 1.59. The molecule has 6 heteroatoms. The van der Waals surface area contributed by atoms with E-state index in [-0.39, 0.29) is 18.2 Å². The molecule has 2 bridgehead atoms. The van der Waals surface area contributed by atoms with Gasteiger partial charge < -0.3 is 9.72 Å². The van der Waals surface area contributed by atoms with Crippen LogP contribution in [0.2, 0.25) is 0 Å². The van der Waals surface area contributed by atoms with Crippen LogP contribution >= 0.6 is 15.9 Å². The van der Waals surface area contributed by atoms with Crippen LogP contribution in [0.15, 0.2) is 34.8 Å². The van der Waals surface area contributed by atoms with Crippen molar-refractivity contribution in [3.05, 3.63) is 40.6 Å². The Morgan fingerprint density at radius 3 is 2.66 bits per heavy atom. The molecule has 2 aromatic carbocycles. The fourth-order valence-corrected chi connectivity index (χ4v) is 5.40. The molecule has 0 spiro atoms. The van der Waals surface area contributed by atoms with E-state index in [2.05, 4.69) is 51.2 Å². The van der Waals surface area contributed by atoms with Crippen LogP contribution in [0.1, 0.15) is 58.3 Å². The molecule has 2 saturated heterocycles. The van der Waals surface area contributed by atoms with Crippen molar-refractivity contribution < 1.29 is 9.53 Å². The second-order valence-electron chi connectivity index (χ2n) is 9.35. The summed E-state index contributed by atoms with van der Waals surface area (Å²) in [6.07, 6.45) is 4.17. The summed E-state index contributed by atoms with van der Waals surface area (Å²) >= 11 is 3.55. The summed E-state index contributed by atoms with van der Waals surface area (Å²) < 4.78 is 6.84. The summed E-state index contributed by atoms with van der Waals surface area (Å²) in [4.78, 5) is 23.6. The number of rotatable bonds is 1. The summed E-state index contributed by atoms with van der Waals surface area (Å²) in [5.41, 5.74) is 1.48. The number of aromatic amines is 1. The summed E-state index contributed by atoms with van der Waals surface area (Å²) in [5.74, 6) is 1.31. The number of nitrogens with one attached hydrogen (secondary N) is 1. The molecule has 6 rings (SSSR count). The van der Waals surface area contributed by atoms with Crippen LogP contribution in [0.5, 0.6) is 0 Å². The normalized spacial score (nSPS) is 24.4. The van der Waals surface area contributed by atoms with E-state index in [1.807, 2.05) is 25.7 Å². The van der Waals surface area contributed by atoms with Crippen molar-refractivity contribution in [1.29, 1.82) is 0 Å². The molecule has 0 unspecified atom stereocenters. The molecule has 1 N–H and O–H groups in total. The fourth-order valence-electron chi connectivity index (χ4n) is 5.02. The molecular weight excluding hydrogens is 430 g/mol. The maximum absolute atomic E-state index is 13.1. The van der Waals surface area contributed by atoms with Crippen molar-refractivity contribution in [2.75, 3.05) is 0 Å². The second kappa shape index (κ2) is 6.73. The second-order valence-corrected chi connectivity index (χ2v) is 10.3. The zero-order chi connectivity index (χ0) is 20.3. The van der Waals surface area contributed by atoms with Gasteiger partial charge in [0.2, 0.25) is 0 Å². The van der Waals surface area contributed by atoms with Gasteiger partial charge in [0, 0.05) is 15.9 Å². The summed E-state index contributed by atoms with van der Waals surface area (Å²) in [6, 6.07) is 10.6. The molecule has 1 atom stereocenters. The summed E-state index contributed by atoms with van der Waals surface area (Å²) in [6.45, 7) is 5.77. The molecule has 1 amide bonds. The lowest BCUT2D eigenvalue weighted by atomic mass is 9.74. The summed E-state index contributed by atoms with van der Waals surface area (Å²) in [5, 5.41) is 2.31. The Morgan fingerprint density at radius 2 is 1.93 bits per heavy atom. The first-order valence-electron chi connectivity index (χ1n) is 10.4. The minimum atomic E-state index is -0.504. The first-order chi connectivity index (χ1) is 13.8. The Bertz CT molecular complexity index is 1090.